The van der Waals surface area contributed by atoms with Crippen LogP contribution in [-0.4, -0.2) is 9.97 Å². The van der Waals surface area contributed by atoms with Crippen LogP contribution in [0.3, 0.4) is 0 Å². The van der Waals surface area contributed by atoms with Crippen LogP contribution in [0.2, 0.25) is 5.02 Å². The van der Waals surface area contributed by atoms with Crippen molar-refractivity contribution in [1.82, 2.24) is 9.97 Å². The van der Waals surface area contributed by atoms with Gasteiger partial charge in [-0.05, 0) is 24.6 Å². The van der Waals surface area contributed by atoms with E-state index in [0.717, 1.165) is 33.0 Å². The molecule has 3 heteroatoms. The standard InChI is InChI=1S/C14H11ClN2/c1-9-7-11(15)8-12-13(9)17-14(16-12)10-5-3-2-4-6-10/h2-8H,1H3,(H,16,17). The Bertz CT molecular complexity index is 671. The molecule has 2 nitrogen and oxygen atoms in total. The zero-order valence-corrected chi connectivity index (χ0v) is 10.1. The van der Waals surface area contributed by atoms with Crippen LogP contribution in [0.15, 0.2) is 42.5 Å². The molecule has 0 aliphatic carbocycles. The van der Waals surface area contributed by atoms with Crippen molar-refractivity contribution >= 4 is 22.6 Å². The summed E-state index contributed by atoms with van der Waals surface area (Å²) in [5.41, 5.74) is 4.13. The van der Waals surface area contributed by atoms with Gasteiger partial charge in [0.25, 0.3) is 0 Å². The van der Waals surface area contributed by atoms with Gasteiger partial charge in [-0.1, -0.05) is 41.9 Å². The molecule has 17 heavy (non-hydrogen) atoms. The number of nitrogens with one attached hydrogen (secondary N) is 1. The highest BCUT2D eigenvalue weighted by molar-refractivity contribution is 6.31. The third-order valence-electron chi connectivity index (χ3n) is 2.79. The molecule has 3 rings (SSSR count). The summed E-state index contributed by atoms with van der Waals surface area (Å²) in [5.74, 6) is 0.881. The average Bonchev–Trinajstić information content (AvgIpc) is 2.74. The van der Waals surface area contributed by atoms with Gasteiger partial charge in [0, 0.05) is 10.6 Å². The molecular formula is C14H11ClN2. The average molecular weight is 243 g/mol. The molecule has 1 heterocycles. The topological polar surface area (TPSA) is 28.7 Å². The minimum absolute atomic E-state index is 0.735. The molecule has 2 aromatic carbocycles. The first kappa shape index (κ1) is 10.4. The van der Waals surface area contributed by atoms with E-state index in [4.69, 9.17) is 11.6 Å². The Hall–Kier alpha value is -1.80. The lowest BCUT2D eigenvalue weighted by atomic mass is 10.2. The molecule has 0 fully saturated rings. The van der Waals surface area contributed by atoms with Crippen molar-refractivity contribution in [2.75, 3.05) is 0 Å². The molecule has 0 radical (unpaired) electrons. The molecule has 0 saturated carbocycles. The number of fused-ring (bicyclic) bond motifs is 1. The number of aromatic amines is 1. The SMILES string of the molecule is Cc1cc(Cl)cc2[nH]c(-c3ccccc3)nc12. The zero-order chi connectivity index (χ0) is 11.8. The third-order valence-corrected chi connectivity index (χ3v) is 3.01. The van der Waals surface area contributed by atoms with Crippen molar-refractivity contribution in [3.63, 3.8) is 0 Å². The van der Waals surface area contributed by atoms with E-state index in [-0.39, 0.29) is 0 Å². The number of hydrogen-bond acceptors (Lipinski definition) is 1. The van der Waals surface area contributed by atoms with Crippen molar-refractivity contribution in [2.45, 2.75) is 6.92 Å². The number of nitrogens with zero attached hydrogens (tertiary/aromatic N) is 1. The van der Waals surface area contributed by atoms with Gasteiger partial charge < -0.3 is 4.98 Å². The number of aryl methyl sites for hydroxylation is 1. The van der Waals surface area contributed by atoms with Gasteiger partial charge in [0.05, 0.1) is 11.0 Å². The Morgan fingerprint density at radius 2 is 1.88 bits per heavy atom. The summed E-state index contributed by atoms with van der Waals surface area (Å²) in [5, 5.41) is 0.735. The van der Waals surface area contributed by atoms with Crippen LogP contribution < -0.4 is 0 Å². The molecule has 0 aliphatic heterocycles. The maximum Gasteiger partial charge on any atom is 0.138 e. The lowest BCUT2D eigenvalue weighted by Gasteiger charge is -1.94. The van der Waals surface area contributed by atoms with E-state index in [9.17, 15) is 0 Å². The summed E-state index contributed by atoms with van der Waals surface area (Å²) >= 11 is 6.03. The fraction of sp³-hybridized carbons (Fsp3) is 0.0714. The van der Waals surface area contributed by atoms with E-state index in [0.29, 0.717) is 0 Å². The maximum atomic E-state index is 6.03. The number of aromatic nitrogens is 2. The zero-order valence-electron chi connectivity index (χ0n) is 9.37. The van der Waals surface area contributed by atoms with E-state index in [1.165, 1.54) is 0 Å². The number of halogens is 1. The number of benzene rings is 2. The van der Waals surface area contributed by atoms with E-state index < -0.39 is 0 Å². The number of imidazole rings is 1. The van der Waals surface area contributed by atoms with Gasteiger partial charge >= 0.3 is 0 Å². The largest absolute Gasteiger partial charge is 0.338 e. The molecule has 0 bridgehead atoms. The Morgan fingerprint density at radius 1 is 1.12 bits per heavy atom. The van der Waals surface area contributed by atoms with E-state index in [2.05, 4.69) is 9.97 Å². The summed E-state index contributed by atoms with van der Waals surface area (Å²) in [7, 11) is 0. The normalized spacial score (nSPS) is 10.9. The summed E-state index contributed by atoms with van der Waals surface area (Å²) < 4.78 is 0. The lowest BCUT2D eigenvalue weighted by Crippen LogP contribution is -1.78. The molecule has 0 unspecified atom stereocenters. The number of hydrogen-bond donors (Lipinski definition) is 1. The summed E-state index contributed by atoms with van der Waals surface area (Å²) in [6.45, 7) is 2.02. The van der Waals surface area contributed by atoms with Gasteiger partial charge in [0.1, 0.15) is 5.82 Å². The quantitative estimate of drug-likeness (QED) is 0.681. The molecule has 1 aromatic heterocycles. The Kier molecular flexibility index (Phi) is 2.37. The highest BCUT2D eigenvalue weighted by Gasteiger charge is 2.07. The molecule has 0 atom stereocenters. The van der Waals surface area contributed by atoms with Gasteiger partial charge in [-0.2, -0.15) is 0 Å². The van der Waals surface area contributed by atoms with Crippen LogP contribution in [-0.2, 0) is 0 Å². The first-order valence-corrected chi connectivity index (χ1v) is 5.83. The highest BCUT2D eigenvalue weighted by Crippen LogP contribution is 2.25. The highest BCUT2D eigenvalue weighted by atomic mass is 35.5. The summed E-state index contributed by atoms with van der Waals surface area (Å²) in [6.07, 6.45) is 0. The first-order chi connectivity index (χ1) is 8.24. The Morgan fingerprint density at radius 3 is 2.65 bits per heavy atom. The molecular weight excluding hydrogens is 232 g/mol. The summed E-state index contributed by atoms with van der Waals surface area (Å²) in [4.78, 5) is 7.91. The van der Waals surface area contributed by atoms with Gasteiger partial charge in [-0.25, -0.2) is 4.98 Å². The van der Waals surface area contributed by atoms with Crippen LogP contribution in [0.5, 0.6) is 0 Å². The van der Waals surface area contributed by atoms with E-state index in [1.54, 1.807) is 0 Å². The second-order valence-electron chi connectivity index (χ2n) is 4.07. The number of rotatable bonds is 1. The maximum absolute atomic E-state index is 6.03. The van der Waals surface area contributed by atoms with Gasteiger partial charge in [0.2, 0.25) is 0 Å². The molecule has 1 N–H and O–H groups in total. The molecule has 0 spiro atoms. The third kappa shape index (κ3) is 1.81. The van der Waals surface area contributed by atoms with Crippen LogP contribution in [0.1, 0.15) is 5.56 Å². The summed E-state index contributed by atoms with van der Waals surface area (Å²) in [6, 6.07) is 13.9. The second-order valence-corrected chi connectivity index (χ2v) is 4.51. The smallest absolute Gasteiger partial charge is 0.138 e. The Labute approximate surface area is 104 Å². The predicted octanol–water partition coefficient (Wildman–Crippen LogP) is 4.19. The predicted molar refractivity (Wildman–Crippen MR) is 71.3 cm³/mol. The van der Waals surface area contributed by atoms with Crippen LogP contribution >= 0.6 is 11.6 Å². The van der Waals surface area contributed by atoms with Gasteiger partial charge in [0.15, 0.2) is 0 Å². The van der Waals surface area contributed by atoms with Gasteiger partial charge in [-0.15, -0.1) is 0 Å². The fourth-order valence-corrected chi connectivity index (χ4v) is 2.25. The number of H-pyrrole nitrogens is 1. The van der Waals surface area contributed by atoms with Crippen LogP contribution in [0.4, 0.5) is 0 Å². The van der Waals surface area contributed by atoms with Gasteiger partial charge in [-0.3, -0.25) is 0 Å². The minimum atomic E-state index is 0.735. The van der Waals surface area contributed by atoms with Crippen molar-refractivity contribution in [1.29, 1.82) is 0 Å². The minimum Gasteiger partial charge on any atom is -0.338 e. The van der Waals surface area contributed by atoms with E-state index in [1.807, 2.05) is 49.4 Å². The van der Waals surface area contributed by atoms with Crippen molar-refractivity contribution < 1.29 is 0 Å². The molecule has 0 aliphatic rings. The van der Waals surface area contributed by atoms with Crippen LogP contribution in [0.25, 0.3) is 22.4 Å². The Balaban J connectivity index is 2.24. The molecule has 0 amide bonds. The monoisotopic (exact) mass is 242 g/mol. The molecule has 84 valence electrons. The van der Waals surface area contributed by atoms with Crippen molar-refractivity contribution in [3.05, 3.63) is 53.1 Å². The first-order valence-electron chi connectivity index (χ1n) is 5.45. The molecule has 0 saturated heterocycles. The van der Waals surface area contributed by atoms with Crippen LogP contribution in [0, 0.1) is 6.92 Å². The lowest BCUT2D eigenvalue weighted by molar-refractivity contribution is 1.33. The molecule has 3 aromatic rings. The van der Waals surface area contributed by atoms with Crippen molar-refractivity contribution in [2.24, 2.45) is 0 Å². The van der Waals surface area contributed by atoms with E-state index >= 15 is 0 Å². The van der Waals surface area contributed by atoms with Crippen molar-refractivity contribution in [3.8, 4) is 11.4 Å². The second kappa shape index (κ2) is 3.90. The fourth-order valence-electron chi connectivity index (χ4n) is 1.98.